The molecule has 0 aromatic heterocycles. The van der Waals surface area contributed by atoms with Crippen molar-refractivity contribution in [3.63, 3.8) is 0 Å². The van der Waals surface area contributed by atoms with Gasteiger partial charge in [-0.15, -0.1) is 0 Å². The Kier molecular flexibility index (Phi) is 4.72. The molecule has 1 aliphatic rings. The van der Waals surface area contributed by atoms with Crippen LogP contribution >= 0.6 is 0 Å². The monoisotopic (exact) mass is 352 g/mol. The van der Waals surface area contributed by atoms with Crippen molar-refractivity contribution in [3.05, 3.63) is 29.8 Å². The summed E-state index contributed by atoms with van der Waals surface area (Å²) < 4.78 is 69.2. The SMILES string of the molecule is CO[C@H]1C[C@@H](S(=O)(=O)c2ccccc2C(F)(F)F)C[C@@H]1C(=O)O. The van der Waals surface area contributed by atoms with Crippen LogP contribution in [0.25, 0.3) is 0 Å². The van der Waals surface area contributed by atoms with Gasteiger partial charge in [-0.05, 0) is 25.0 Å². The Bertz CT molecular complexity index is 699. The van der Waals surface area contributed by atoms with E-state index < -0.39 is 49.7 Å². The van der Waals surface area contributed by atoms with Gasteiger partial charge in [0.15, 0.2) is 9.84 Å². The molecule has 0 amide bonds. The fourth-order valence-corrected chi connectivity index (χ4v) is 4.88. The van der Waals surface area contributed by atoms with E-state index in [4.69, 9.17) is 9.84 Å². The number of halogens is 3. The van der Waals surface area contributed by atoms with Gasteiger partial charge in [0.25, 0.3) is 0 Å². The van der Waals surface area contributed by atoms with Gasteiger partial charge < -0.3 is 9.84 Å². The molecule has 1 saturated carbocycles. The molecule has 9 heteroatoms. The molecule has 5 nitrogen and oxygen atoms in total. The second-order valence-electron chi connectivity index (χ2n) is 5.35. The Morgan fingerprint density at radius 1 is 1.26 bits per heavy atom. The van der Waals surface area contributed by atoms with Crippen molar-refractivity contribution in [2.24, 2.45) is 5.92 Å². The molecule has 1 N–H and O–H groups in total. The van der Waals surface area contributed by atoms with Gasteiger partial charge in [-0.3, -0.25) is 4.79 Å². The van der Waals surface area contributed by atoms with Gasteiger partial charge >= 0.3 is 12.1 Å². The van der Waals surface area contributed by atoms with E-state index >= 15 is 0 Å². The average molecular weight is 352 g/mol. The van der Waals surface area contributed by atoms with Crippen molar-refractivity contribution >= 4 is 15.8 Å². The molecular weight excluding hydrogens is 337 g/mol. The number of benzene rings is 1. The molecular formula is C14H15F3O5S. The summed E-state index contributed by atoms with van der Waals surface area (Å²) in [5, 5.41) is 7.87. The van der Waals surface area contributed by atoms with Crippen LogP contribution in [0.3, 0.4) is 0 Å². The van der Waals surface area contributed by atoms with Crippen molar-refractivity contribution in [2.45, 2.75) is 35.3 Å². The number of carboxylic acids is 1. The van der Waals surface area contributed by atoms with Crippen LogP contribution in [0, 0.1) is 5.92 Å². The summed E-state index contributed by atoms with van der Waals surface area (Å²) in [5.41, 5.74) is -1.24. The second kappa shape index (κ2) is 6.12. The lowest BCUT2D eigenvalue weighted by Crippen LogP contribution is -2.24. The van der Waals surface area contributed by atoms with Gasteiger partial charge in [-0.1, -0.05) is 12.1 Å². The molecule has 1 aromatic carbocycles. The van der Waals surface area contributed by atoms with Gasteiger partial charge in [-0.2, -0.15) is 13.2 Å². The largest absolute Gasteiger partial charge is 0.481 e. The summed E-state index contributed by atoms with van der Waals surface area (Å²) >= 11 is 0. The highest BCUT2D eigenvalue weighted by molar-refractivity contribution is 7.92. The second-order valence-corrected chi connectivity index (χ2v) is 7.55. The van der Waals surface area contributed by atoms with Crippen LogP contribution in [0.1, 0.15) is 18.4 Å². The lowest BCUT2D eigenvalue weighted by molar-refractivity contribution is -0.145. The maximum Gasteiger partial charge on any atom is 0.417 e. The zero-order valence-electron chi connectivity index (χ0n) is 12.1. The molecule has 1 aromatic rings. The lowest BCUT2D eigenvalue weighted by Gasteiger charge is -2.16. The van der Waals surface area contributed by atoms with E-state index in [2.05, 4.69) is 0 Å². The van der Waals surface area contributed by atoms with Gasteiger partial charge in [0.1, 0.15) is 0 Å². The van der Waals surface area contributed by atoms with Crippen LogP contribution in [0.2, 0.25) is 0 Å². The third-order valence-corrected chi connectivity index (χ3v) is 6.25. The molecule has 128 valence electrons. The third kappa shape index (κ3) is 3.35. The maximum absolute atomic E-state index is 13.0. The van der Waals surface area contributed by atoms with Crippen LogP contribution in [-0.4, -0.2) is 38.0 Å². The number of carboxylic acid groups (broad SMARTS) is 1. The molecule has 0 aliphatic heterocycles. The summed E-state index contributed by atoms with van der Waals surface area (Å²) in [5.74, 6) is -2.28. The lowest BCUT2D eigenvalue weighted by atomic mass is 10.1. The van der Waals surface area contributed by atoms with Crippen molar-refractivity contribution in [1.29, 1.82) is 0 Å². The highest BCUT2D eigenvalue weighted by Crippen LogP contribution is 2.40. The maximum atomic E-state index is 13.0. The van der Waals surface area contributed by atoms with Crippen molar-refractivity contribution in [3.8, 4) is 0 Å². The number of aliphatic carboxylic acids is 1. The molecule has 1 aliphatic carbocycles. The topological polar surface area (TPSA) is 80.7 Å². The molecule has 0 heterocycles. The number of sulfone groups is 1. The van der Waals surface area contributed by atoms with E-state index in [1.54, 1.807) is 0 Å². The zero-order valence-corrected chi connectivity index (χ0v) is 12.9. The van der Waals surface area contributed by atoms with Crippen LogP contribution in [-0.2, 0) is 25.5 Å². The van der Waals surface area contributed by atoms with Crippen LogP contribution in [0.15, 0.2) is 29.2 Å². The van der Waals surface area contributed by atoms with Crippen molar-refractivity contribution < 1.29 is 36.2 Å². The van der Waals surface area contributed by atoms with Crippen molar-refractivity contribution in [1.82, 2.24) is 0 Å². The van der Waals surface area contributed by atoms with Gasteiger partial charge in [0, 0.05) is 7.11 Å². The predicted octanol–water partition coefficient (Wildman–Crippen LogP) is 2.36. The van der Waals surface area contributed by atoms with E-state index in [9.17, 15) is 26.4 Å². The minimum Gasteiger partial charge on any atom is -0.481 e. The Morgan fingerprint density at radius 3 is 2.35 bits per heavy atom. The average Bonchev–Trinajstić information content (AvgIpc) is 2.91. The normalized spacial score (nSPS) is 25.5. The van der Waals surface area contributed by atoms with Crippen molar-refractivity contribution in [2.75, 3.05) is 7.11 Å². The summed E-state index contributed by atoms with van der Waals surface area (Å²) in [6, 6.07) is 3.91. The number of hydrogen-bond donors (Lipinski definition) is 1. The highest BCUT2D eigenvalue weighted by Gasteiger charge is 2.47. The third-order valence-electron chi connectivity index (χ3n) is 4.02. The smallest absolute Gasteiger partial charge is 0.417 e. The molecule has 0 saturated heterocycles. The van der Waals surface area contributed by atoms with Crippen LogP contribution in [0.4, 0.5) is 13.2 Å². The summed E-state index contributed by atoms with van der Waals surface area (Å²) in [7, 11) is -3.08. The van der Waals surface area contributed by atoms with E-state index in [-0.39, 0.29) is 12.8 Å². The Morgan fingerprint density at radius 2 is 1.87 bits per heavy atom. The first kappa shape index (κ1) is 17.7. The summed E-state index contributed by atoms with van der Waals surface area (Å²) in [6.45, 7) is 0. The first-order valence-electron chi connectivity index (χ1n) is 6.74. The molecule has 0 unspecified atom stereocenters. The minimum absolute atomic E-state index is 0.151. The van der Waals surface area contributed by atoms with E-state index in [1.807, 2.05) is 0 Å². The van der Waals surface area contributed by atoms with E-state index in [0.717, 1.165) is 12.1 Å². The number of alkyl halides is 3. The molecule has 23 heavy (non-hydrogen) atoms. The molecule has 3 atom stereocenters. The van der Waals surface area contributed by atoms with Gasteiger partial charge in [0.2, 0.25) is 0 Å². The first-order chi connectivity index (χ1) is 10.6. The van der Waals surface area contributed by atoms with Gasteiger partial charge in [0.05, 0.1) is 27.7 Å². The first-order valence-corrected chi connectivity index (χ1v) is 8.29. The molecule has 1 fully saturated rings. The number of rotatable bonds is 4. The standard InChI is InChI=1S/C14H15F3O5S/c1-22-11-7-8(6-9(11)13(18)19)23(20,21)12-5-3-2-4-10(12)14(15,16)17/h2-5,8-9,11H,6-7H2,1H3,(H,18,19)/t8-,9-,11-/m0/s1. The Balaban J connectivity index is 2.43. The van der Waals surface area contributed by atoms with Gasteiger partial charge in [-0.25, -0.2) is 8.42 Å². The zero-order chi connectivity index (χ0) is 17.4. The Hall–Kier alpha value is -1.61. The van der Waals surface area contributed by atoms with Crippen LogP contribution in [0.5, 0.6) is 0 Å². The van der Waals surface area contributed by atoms with E-state index in [1.165, 1.54) is 13.2 Å². The molecule has 0 bridgehead atoms. The quantitative estimate of drug-likeness (QED) is 0.900. The summed E-state index contributed by atoms with van der Waals surface area (Å²) in [4.78, 5) is 10.3. The molecule has 0 spiro atoms. The predicted molar refractivity (Wildman–Crippen MR) is 73.6 cm³/mol. The number of carbonyl (C=O) groups is 1. The van der Waals surface area contributed by atoms with E-state index in [0.29, 0.717) is 6.07 Å². The number of ether oxygens (including phenoxy) is 1. The fraction of sp³-hybridized carbons (Fsp3) is 0.500. The number of methoxy groups -OCH3 is 1. The minimum atomic E-state index is -4.81. The summed E-state index contributed by atoms with van der Waals surface area (Å²) in [6.07, 6.45) is -6.08. The molecule has 2 rings (SSSR count). The fourth-order valence-electron chi connectivity index (χ4n) is 2.86. The number of hydrogen-bond acceptors (Lipinski definition) is 4. The Labute approximate surface area is 131 Å². The molecule has 0 radical (unpaired) electrons. The van der Waals surface area contributed by atoms with Crippen LogP contribution < -0.4 is 0 Å². The highest BCUT2D eigenvalue weighted by atomic mass is 32.2.